The Morgan fingerprint density at radius 1 is 1.20 bits per heavy atom. The molecule has 0 saturated heterocycles. The van der Waals surface area contributed by atoms with Crippen LogP contribution in [-0.4, -0.2) is 38.5 Å². The van der Waals surface area contributed by atoms with Crippen molar-refractivity contribution in [2.45, 2.75) is 31.8 Å². The summed E-state index contributed by atoms with van der Waals surface area (Å²) in [6.45, 7) is 2.79. The summed E-state index contributed by atoms with van der Waals surface area (Å²) in [4.78, 5) is 0. The second-order valence-corrected chi connectivity index (χ2v) is 4.87. The first-order chi connectivity index (χ1) is 9.64. The molecule has 0 aliphatic carbocycles. The minimum absolute atomic E-state index is 0.0349. The molecule has 2 atom stereocenters. The van der Waals surface area contributed by atoms with Crippen molar-refractivity contribution in [2.24, 2.45) is 5.73 Å². The van der Waals surface area contributed by atoms with Gasteiger partial charge in [0.15, 0.2) is 0 Å². The molecule has 0 bridgehead atoms. The molecule has 114 valence electrons. The highest BCUT2D eigenvalue weighted by molar-refractivity contribution is 5.40. The molecule has 0 spiro atoms. The Balaban J connectivity index is 2.82. The Labute approximate surface area is 121 Å². The largest absolute Gasteiger partial charge is 0.497 e. The lowest BCUT2D eigenvalue weighted by atomic mass is 10.0. The van der Waals surface area contributed by atoms with Crippen molar-refractivity contribution in [3.8, 4) is 11.5 Å². The average Bonchev–Trinajstić information content (AvgIpc) is 2.49. The molecule has 0 radical (unpaired) electrons. The molecule has 0 fully saturated rings. The van der Waals surface area contributed by atoms with Crippen molar-refractivity contribution in [1.29, 1.82) is 0 Å². The molecule has 20 heavy (non-hydrogen) atoms. The van der Waals surface area contributed by atoms with Gasteiger partial charge in [-0.05, 0) is 37.5 Å². The molecule has 0 amide bonds. The highest BCUT2D eigenvalue weighted by atomic mass is 16.5. The molecular weight excluding hydrogens is 256 g/mol. The average molecular weight is 282 g/mol. The van der Waals surface area contributed by atoms with Gasteiger partial charge in [0.05, 0.1) is 14.2 Å². The fourth-order valence-corrected chi connectivity index (χ4v) is 2.16. The number of benzene rings is 1. The zero-order chi connectivity index (χ0) is 15.0. The van der Waals surface area contributed by atoms with Crippen molar-refractivity contribution in [2.75, 3.05) is 27.4 Å². The SMILES string of the molecule is COc1cc(OC)cc(C(CN)NC(C)CCCO)c1. The molecule has 0 heterocycles. The molecule has 2 unspecified atom stereocenters. The standard InChI is InChI=1S/C15H26N2O3/c1-11(5-4-6-18)17-15(10-16)12-7-13(19-2)9-14(8-12)20-3/h7-9,11,15,17-18H,4-6,10,16H2,1-3H3. The van der Waals surface area contributed by atoms with E-state index in [1.807, 2.05) is 18.2 Å². The van der Waals surface area contributed by atoms with Gasteiger partial charge in [-0.3, -0.25) is 0 Å². The summed E-state index contributed by atoms with van der Waals surface area (Å²) >= 11 is 0. The van der Waals surface area contributed by atoms with E-state index in [1.54, 1.807) is 14.2 Å². The van der Waals surface area contributed by atoms with Gasteiger partial charge in [-0.2, -0.15) is 0 Å². The fraction of sp³-hybridized carbons (Fsp3) is 0.600. The van der Waals surface area contributed by atoms with Crippen LogP contribution in [0.3, 0.4) is 0 Å². The topological polar surface area (TPSA) is 76.7 Å². The van der Waals surface area contributed by atoms with Gasteiger partial charge in [-0.25, -0.2) is 0 Å². The van der Waals surface area contributed by atoms with Crippen LogP contribution in [-0.2, 0) is 0 Å². The van der Waals surface area contributed by atoms with Crippen LogP contribution in [0, 0.1) is 0 Å². The van der Waals surface area contributed by atoms with Crippen LogP contribution in [0.5, 0.6) is 11.5 Å². The van der Waals surface area contributed by atoms with Gasteiger partial charge in [0, 0.05) is 31.3 Å². The van der Waals surface area contributed by atoms with E-state index < -0.39 is 0 Å². The lowest BCUT2D eigenvalue weighted by Gasteiger charge is -2.23. The normalized spacial score (nSPS) is 13.8. The molecule has 1 rings (SSSR count). The number of ether oxygens (including phenoxy) is 2. The fourth-order valence-electron chi connectivity index (χ4n) is 2.16. The summed E-state index contributed by atoms with van der Waals surface area (Å²) < 4.78 is 10.6. The van der Waals surface area contributed by atoms with E-state index in [0.717, 1.165) is 29.9 Å². The molecule has 0 aliphatic heterocycles. The zero-order valence-electron chi connectivity index (χ0n) is 12.6. The Bertz CT molecular complexity index is 376. The summed E-state index contributed by atoms with van der Waals surface area (Å²) in [5, 5.41) is 12.3. The van der Waals surface area contributed by atoms with Crippen LogP contribution >= 0.6 is 0 Å². The maximum Gasteiger partial charge on any atom is 0.122 e. The molecule has 1 aromatic carbocycles. The monoisotopic (exact) mass is 282 g/mol. The quantitative estimate of drug-likeness (QED) is 0.639. The smallest absolute Gasteiger partial charge is 0.122 e. The van der Waals surface area contributed by atoms with E-state index in [0.29, 0.717) is 6.54 Å². The van der Waals surface area contributed by atoms with Crippen LogP contribution in [0.1, 0.15) is 31.4 Å². The number of hydrogen-bond acceptors (Lipinski definition) is 5. The highest BCUT2D eigenvalue weighted by Gasteiger charge is 2.15. The minimum atomic E-state index is 0.0349. The van der Waals surface area contributed by atoms with Crippen LogP contribution in [0.4, 0.5) is 0 Å². The highest BCUT2D eigenvalue weighted by Crippen LogP contribution is 2.26. The number of aliphatic hydroxyl groups excluding tert-OH is 1. The molecular formula is C15H26N2O3. The van der Waals surface area contributed by atoms with E-state index in [2.05, 4.69) is 12.2 Å². The lowest BCUT2D eigenvalue weighted by molar-refractivity contribution is 0.274. The summed E-state index contributed by atoms with van der Waals surface area (Å²) in [5.74, 6) is 1.50. The van der Waals surface area contributed by atoms with E-state index in [1.165, 1.54) is 0 Å². The summed E-state index contributed by atoms with van der Waals surface area (Å²) in [6.07, 6.45) is 1.70. The third-order valence-corrected chi connectivity index (χ3v) is 3.29. The predicted octanol–water partition coefficient (Wildman–Crippen LogP) is 1.45. The van der Waals surface area contributed by atoms with Crippen molar-refractivity contribution < 1.29 is 14.6 Å². The number of nitrogens with two attached hydrogens (primary N) is 1. The first kappa shape index (κ1) is 16.8. The molecule has 4 N–H and O–H groups in total. The Morgan fingerprint density at radius 3 is 2.25 bits per heavy atom. The Hall–Kier alpha value is -1.30. The number of rotatable bonds is 9. The summed E-state index contributed by atoms with van der Waals surface area (Å²) in [5.41, 5.74) is 6.91. The van der Waals surface area contributed by atoms with Crippen molar-refractivity contribution >= 4 is 0 Å². The van der Waals surface area contributed by atoms with Gasteiger partial charge in [-0.15, -0.1) is 0 Å². The van der Waals surface area contributed by atoms with Crippen LogP contribution in [0.2, 0.25) is 0 Å². The molecule has 5 heteroatoms. The molecule has 0 saturated carbocycles. The number of hydrogen-bond donors (Lipinski definition) is 3. The maximum absolute atomic E-state index is 8.87. The van der Waals surface area contributed by atoms with Gasteiger partial charge in [0.25, 0.3) is 0 Å². The van der Waals surface area contributed by atoms with E-state index in [-0.39, 0.29) is 18.7 Å². The predicted molar refractivity (Wildman–Crippen MR) is 80.3 cm³/mol. The van der Waals surface area contributed by atoms with Crippen LogP contribution < -0.4 is 20.5 Å². The van der Waals surface area contributed by atoms with Crippen molar-refractivity contribution in [1.82, 2.24) is 5.32 Å². The summed E-state index contributed by atoms with van der Waals surface area (Å²) in [7, 11) is 3.26. The maximum atomic E-state index is 8.87. The van der Waals surface area contributed by atoms with Gasteiger partial charge in [0.2, 0.25) is 0 Å². The molecule has 1 aromatic rings. The third-order valence-electron chi connectivity index (χ3n) is 3.29. The second kappa shape index (κ2) is 8.79. The van der Waals surface area contributed by atoms with Gasteiger partial charge < -0.3 is 25.6 Å². The molecule has 5 nitrogen and oxygen atoms in total. The van der Waals surface area contributed by atoms with E-state index >= 15 is 0 Å². The number of aliphatic hydroxyl groups is 1. The van der Waals surface area contributed by atoms with Gasteiger partial charge >= 0.3 is 0 Å². The zero-order valence-corrected chi connectivity index (χ0v) is 12.6. The first-order valence-electron chi connectivity index (χ1n) is 6.94. The Morgan fingerprint density at radius 2 is 1.80 bits per heavy atom. The van der Waals surface area contributed by atoms with Crippen LogP contribution in [0.25, 0.3) is 0 Å². The third kappa shape index (κ3) is 5.00. The molecule has 0 aliphatic rings. The Kier molecular flexibility index (Phi) is 7.36. The number of methoxy groups -OCH3 is 2. The van der Waals surface area contributed by atoms with Crippen molar-refractivity contribution in [3.05, 3.63) is 23.8 Å². The van der Waals surface area contributed by atoms with Gasteiger partial charge in [0.1, 0.15) is 11.5 Å². The van der Waals surface area contributed by atoms with Gasteiger partial charge in [-0.1, -0.05) is 0 Å². The van der Waals surface area contributed by atoms with Crippen molar-refractivity contribution in [3.63, 3.8) is 0 Å². The van der Waals surface area contributed by atoms with E-state index in [9.17, 15) is 0 Å². The minimum Gasteiger partial charge on any atom is -0.497 e. The lowest BCUT2D eigenvalue weighted by Crippen LogP contribution is -2.35. The second-order valence-electron chi connectivity index (χ2n) is 4.87. The van der Waals surface area contributed by atoms with E-state index in [4.69, 9.17) is 20.3 Å². The first-order valence-corrected chi connectivity index (χ1v) is 6.94. The number of nitrogens with one attached hydrogen (secondary N) is 1. The summed E-state index contributed by atoms with van der Waals surface area (Å²) in [6, 6.07) is 6.09. The van der Waals surface area contributed by atoms with Crippen LogP contribution in [0.15, 0.2) is 18.2 Å². The molecule has 0 aromatic heterocycles.